The summed E-state index contributed by atoms with van der Waals surface area (Å²) in [5.74, 6) is -1.93. The van der Waals surface area contributed by atoms with Crippen LogP contribution >= 0.6 is 11.3 Å². The molecule has 0 aliphatic heterocycles. The zero-order chi connectivity index (χ0) is 18.0. The number of anilines is 1. The number of carbonyl (C=O) groups excluding carboxylic acids is 2. The lowest BCUT2D eigenvalue weighted by molar-refractivity contribution is -0.131. The van der Waals surface area contributed by atoms with Crippen LogP contribution in [0.3, 0.4) is 0 Å². The Morgan fingerprint density at radius 3 is 2.48 bits per heavy atom. The Balaban J connectivity index is 1.74. The molecule has 1 amide bonds. The predicted molar refractivity (Wildman–Crippen MR) is 99.8 cm³/mol. The molecule has 0 aliphatic carbocycles. The topological polar surface area (TPSA) is 79.3 Å². The van der Waals surface area contributed by atoms with E-state index in [4.69, 9.17) is 0 Å². The van der Waals surface area contributed by atoms with Gasteiger partial charge in [-0.3, -0.25) is 14.9 Å². The van der Waals surface area contributed by atoms with Crippen LogP contribution in [0, 0.1) is 13.8 Å². The third-order valence-corrected chi connectivity index (χ3v) is 4.54. The van der Waals surface area contributed by atoms with Crippen LogP contribution in [-0.2, 0) is 9.59 Å². The van der Waals surface area contributed by atoms with Crippen molar-refractivity contribution in [3.05, 3.63) is 65.2 Å². The van der Waals surface area contributed by atoms with Gasteiger partial charge in [-0.25, -0.2) is 4.98 Å². The molecule has 1 heterocycles. The Morgan fingerprint density at radius 1 is 1.08 bits per heavy atom. The number of carbonyl (C=O) groups is 2. The third-order valence-electron chi connectivity index (χ3n) is 3.60. The quantitative estimate of drug-likeness (QED) is 0.422. The largest absolute Gasteiger partial charge is 0.507 e. The Morgan fingerprint density at radius 2 is 1.76 bits per heavy atom. The maximum Gasteiger partial charge on any atom is 0.298 e. The molecule has 0 spiro atoms. The first-order valence-electron chi connectivity index (χ1n) is 7.62. The molecule has 3 rings (SSSR count). The number of aryl methyl sites for hydroxylation is 2. The highest BCUT2D eigenvalue weighted by atomic mass is 32.1. The lowest BCUT2D eigenvalue weighted by atomic mass is 10.1. The van der Waals surface area contributed by atoms with E-state index in [9.17, 15) is 14.7 Å². The lowest BCUT2D eigenvalue weighted by Gasteiger charge is -2.01. The highest BCUT2D eigenvalue weighted by Gasteiger charge is 2.15. The standard InChI is InChI=1S/C19H16N2O3S/c1-11-3-6-13(7-4-11)15(22)10-16(23)18(24)21-19-20-14-8-5-12(2)9-17(14)25-19/h3-10,22H,1-2H3,(H,20,21,24)/b15-10-. The van der Waals surface area contributed by atoms with E-state index in [1.165, 1.54) is 11.3 Å². The second kappa shape index (κ2) is 6.86. The number of rotatable bonds is 4. The Bertz CT molecular complexity index is 988. The van der Waals surface area contributed by atoms with Crippen LogP contribution in [0.15, 0.2) is 48.5 Å². The van der Waals surface area contributed by atoms with Crippen LogP contribution in [-0.4, -0.2) is 21.8 Å². The molecule has 2 N–H and O–H groups in total. The fraction of sp³-hybridized carbons (Fsp3) is 0.105. The van der Waals surface area contributed by atoms with E-state index in [0.717, 1.165) is 27.4 Å². The summed E-state index contributed by atoms with van der Waals surface area (Å²) < 4.78 is 0.931. The van der Waals surface area contributed by atoms with E-state index in [1.807, 2.05) is 44.2 Å². The number of thiazole rings is 1. The molecular weight excluding hydrogens is 336 g/mol. The summed E-state index contributed by atoms with van der Waals surface area (Å²) in [5.41, 5.74) is 3.36. The summed E-state index contributed by atoms with van der Waals surface area (Å²) in [6, 6.07) is 12.8. The van der Waals surface area contributed by atoms with E-state index in [2.05, 4.69) is 10.3 Å². The van der Waals surface area contributed by atoms with Gasteiger partial charge in [-0.2, -0.15) is 0 Å². The molecule has 0 radical (unpaired) electrons. The molecule has 0 saturated carbocycles. The van der Waals surface area contributed by atoms with Gasteiger partial charge in [0.1, 0.15) is 5.76 Å². The molecule has 0 unspecified atom stereocenters. The van der Waals surface area contributed by atoms with Crippen molar-refractivity contribution in [3.8, 4) is 0 Å². The van der Waals surface area contributed by atoms with Gasteiger partial charge in [-0.15, -0.1) is 0 Å². The molecule has 3 aromatic rings. The van der Waals surface area contributed by atoms with Gasteiger partial charge in [0, 0.05) is 11.6 Å². The molecule has 2 aromatic carbocycles. The first-order chi connectivity index (χ1) is 11.9. The molecule has 0 atom stereocenters. The molecule has 6 heteroatoms. The van der Waals surface area contributed by atoms with Crippen LogP contribution in [0.5, 0.6) is 0 Å². The predicted octanol–water partition coefficient (Wildman–Crippen LogP) is 4.02. The van der Waals surface area contributed by atoms with Crippen molar-refractivity contribution in [1.29, 1.82) is 0 Å². The van der Waals surface area contributed by atoms with Crippen molar-refractivity contribution in [2.75, 3.05) is 5.32 Å². The first kappa shape index (κ1) is 16.9. The van der Waals surface area contributed by atoms with Crippen molar-refractivity contribution < 1.29 is 14.7 Å². The number of nitrogens with zero attached hydrogens (tertiary/aromatic N) is 1. The molecule has 0 fully saturated rings. The van der Waals surface area contributed by atoms with Gasteiger partial charge in [0.2, 0.25) is 5.78 Å². The zero-order valence-corrected chi connectivity index (χ0v) is 14.6. The first-order valence-corrected chi connectivity index (χ1v) is 8.44. The Labute approximate surface area is 148 Å². The fourth-order valence-electron chi connectivity index (χ4n) is 2.24. The molecule has 1 aromatic heterocycles. The monoisotopic (exact) mass is 352 g/mol. The second-order valence-electron chi connectivity index (χ2n) is 5.70. The van der Waals surface area contributed by atoms with E-state index < -0.39 is 11.7 Å². The van der Waals surface area contributed by atoms with E-state index >= 15 is 0 Å². The zero-order valence-electron chi connectivity index (χ0n) is 13.7. The van der Waals surface area contributed by atoms with E-state index in [0.29, 0.717) is 10.7 Å². The number of hydrogen-bond donors (Lipinski definition) is 2. The number of hydrogen-bond acceptors (Lipinski definition) is 5. The number of aromatic nitrogens is 1. The Hall–Kier alpha value is -2.99. The maximum atomic E-state index is 12.0. The number of benzene rings is 2. The van der Waals surface area contributed by atoms with Crippen LogP contribution < -0.4 is 5.32 Å². The van der Waals surface area contributed by atoms with Crippen LogP contribution in [0.1, 0.15) is 16.7 Å². The minimum atomic E-state index is -0.839. The number of fused-ring (bicyclic) bond motifs is 1. The summed E-state index contributed by atoms with van der Waals surface area (Å²) in [5, 5.41) is 12.8. The summed E-state index contributed by atoms with van der Waals surface area (Å²) in [6.07, 6.45) is 0.914. The second-order valence-corrected chi connectivity index (χ2v) is 6.73. The SMILES string of the molecule is Cc1ccc(/C(O)=C/C(=O)C(=O)Nc2nc3ccc(C)cc3s2)cc1. The van der Waals surface area contributed by atoms with Gasteiger partial charge >= 0.3 is 0 Å². The summed E-state index contributed by atoms with van der Waals surface area (Å²) in [6.45, 7) is 3.89. The van der Waals surface area contributed by atoms with Crippen molar-refractivity contribution in [3.63, 3.8) is 0 Å². The van der Waals surface area contributed by atoms with Crippen molar-refractivity contribution >= 4 is 44.1 Å². The van der Waals surface area contributed by atoms with Crippen LogP contribution in [0.2, 0.25) is 0 Å². The van der Waals surface area contributed by atoms with E-state index in [1.54, 1.807) is 12.1 Å². The number of amides is 1. The van der Waals surface area contributed by atoms with Gasteiger partial charge in [-0.05, 0) is 31.5 Å². The molecular formula is C19H16N2O3S. The van der Waals surface area contributed by atoms with Crippen LogP contribution in [0.4, 0.5) is 5.13 Å². The number of aliphatic hydroxyl groups excluding tert-OH is 1. The average molecular weight is 352 g/mol. The van der Waals surface area contributed by atoms with Gasteiger partial charge in [0.25, 0.3) is 5.91 Å². The summed E-state index contributed by atoms with van der Waals surface area (Å²) in [7, 11) is 0. The molecule has 126 valence electrons. The van der Waals surface area contributed by atoms with Crippen molar-refractivity contribution in [2.45, 2.75) is 13.8 Å². The van der Waals surface area contributed by atoms with Gasteiger partial charge in [-0.1, -0.05) is 47.2 Å². The third kappa shape index (κ3) is 3.92. The lowest BCUT2D eigenvalue weighted by Crippen LogP contribution is -2.21. The van der Waals surface area contributed by atoms with E-state index in [-0.39, 0.29) is 5.76 Å². The maximum absolute atomic E-state index is 12.0. The van der Waals surface area contributed by atoms with Gasteiger partial charge in [0.05, 0.1) is 10.2 Å². The normalized spacial score (nSPS) is 11.5. The molecule has 0 aliphatic rings. The molecule has 0 saturated heterocycles. The minimum Gasteiger partial charge on any atom is -0.507 e. The number of ketones is 1. The molecule has 25 heavy (non-hydrogen) atoms. The fourth-order valence-corrected chi connectivity index (χ4v) is 3.20. The van der Waals surface area contributed by atoms with Crippen molar-refractivity contribution in [1.82, 2.24) is 4.98 Å². The molecule has 0 bridgehead atoms. The minimum absolute atomic E-state index is 0.250. The average Bonchev–Trinajstić information content (AvgIpc) is 2.96. The highest BCUT2D eigenvalue weighted by molar-refractivity contribution is 7.22. The van der Waals surface area contributed by atoms with Crippen molar-refractivity contribution in [2.24, 2.45) is 0 Å². The summed E-state index contributed by atoms with van der Waals surface area (Å²) >= 11 is 1.30. The highest BCUT2D eigenvalue weighted by Crippen LogP contribution is 2.26. The summed E-state index contributed by atoms with van der Waals surface area (Å²) in [4.78, 5) is 28.3. The Kier molecular flexibility index (Phi) is 4.63. The van der Waals surface area contributed by atoms with Gasteiger partial charge < -0.3 is 5.11 Å². The van der Waals surface area contributed by atoms with Crippen LogP contribution in [0.25, 0.3) is 16.0 Å². The molecule has 5 nitrogen and oxygen atoms in total. The van der Waals surface area contributed by atoms with Gasteiger partial charge in [0.15, 0.2) is 5.13 Å². The number of nitrogens with one attached hydrogen (secondary N) is 1. The number of aliphatic hydroxyl groups is 1. The smallest absolute Gasteiger partial charge is 0.298 e.